The van der Waals surface area contributed by atoms with E-state index >= 15 is 0 Å². The second-order valence-electron chi connectivity index (χ2n) is 5.45. The van der Waals surface area contributed by atoms with Crippen LogP contribution in [0.25, 0.3) is 0 Å². The number of hydrogen-bond acceptors (Lipinski definition) is 2. The fourth-order valence-electron chi connectivity index (χ4n) is 3.06. The first kappa shape index (κ1) is 15.0. The molecule has 2 rings (SSSR count). The van der Waals surface area contributed by atoms with Crippen LogP contribution in [0.5, 0.6) is 0 Å². The molecule has 0 aromatic heterocycles. The molecule has 0 saturated carbocycles. The molecule has 0 amide bonds. The predicted octanol–water partition coefficient (Wildman–Crippen LogP) is 3.61. The van der Waals surface area contributed by atoms with Gasteiger partial charge in [0.15, 0.2) is 0 Å². The van der Waals surface area contributed by atoms with Crippen molar-refractivity contribution >= 4 is 5.97 Å². The Morgan fingerprint density at radius 3 is 3.00 bits per heavy atom. The zero-order valence-electron chi connectivity index (χ0n) is 11.9. The summed E-state index contributed by atoms with van der Waals surface area (Å²) in [5.74, 6) is -1.02. The minimum absolute atomic E-state index is 0.00856. The molecule has 20 heavy (non-hydrogen) atoms. The van der Waals surface area contributed by atoms with E-state index in [9.17, 15) is 14.3 Å². The molecule has 3 nitrogen and oxygen atoms in total. The first-order valence-corrected chi connectivity index (χ1v) is 7.37. The number of carbonyl (C=O) groups is 1. The third-order valence-corrected chi connectivity index (χ3v) is 4.04. The van der Waals surface area contributed by atoms with E-state index in [0.717, 1.165) is 37.8 Å². The third kappa shape index (κ3) is 3.37. The molecule has 0 aliphatic carbocycles. The molecular weight excluding hydrogens is 257 g/mol. The molecule has 110 valence electrons. The molecule has 1 saturated heterocycles. The summed E-state index contributed by atoms with van der Waals surface area (Å²) in [5.41, 5.74) is 0.895. The van der Waals surface area contributed by atoms with Crippen LogP contribution in [-0.4, -0.2) is 28.6 Å². The van der Waals surface area contributed by atoms with Gasteiger partial charge in [-0.1, -0.05) is 31.9 Å². The topological polar surface area (TPSA) is 40.5 Å². The summed E-state index contributed by atoms with van der Waals surface area (Å²) in [4.78, 5) is 13.4. The van der Waals surface area contributed by atoms with Crippen molar-refractivity contribution < 1.29 is 14.3 Å². The van der Waals surface area contributed by atoms with Gasteiger partial charge in [0.05, 0.1) is 0 Å². The lowest BCUT2D eigenvalue weighted by Crippen LogP contribution is -2.38. The maximum Gasteiger partial charge on any atom is 0.320 e. The monoisotopic (exact) mass is 279 g/mol. The molecule has 0 spiro atoms. The van der Waals surface area contributed by atoms with Gasteiger partial charge in [-0.25, -0.2) is 4.39 Å². The molecular formula is C16H22FNO2. The highest BCUT2D eigenvalue weighted by atomic mass is 19.1. The van der Waals surface area contributed by atoms with Crippen LogP contribution in [0.15, 0.2) is 24.3 Å². The summed E-state index contributed by atoms with van der Waals surface area (Å²) >= 11 is 0. The maximum absolute atomic E-state index is 13.5. The van der Waals surface area contributed by atoms with Crippen LogP contribution < -0.4 is 0 Å². The summed E-state index contributed by atoms with van der Waals surface area (Å²) in [5, 5.41) is 9.34. The first-order valence-electron chi connectivity index (χ1n) is 7.37. The number of benzene rings is 1. The summed E-state index contributed by atoms with van der Waals surface area (Å²) < 4.78 is 13.5. The van der Waals surface area contributed by atoms with Crippen molar-refractivity contribution in [1.82, 2.24) is 4.90 Å². The van der Waals surface area contributed by atoms with E-state index in [2.05, 4.69) is 6.92 Å². The van der Waals surface area contributed by atoms with Crippen molar-refractivity contribution in [3.05, 3.63) is 35.6 Å². The van der Waals surface area contributed by atoms with Crippen LogP contribution in [0.1, 0.15) is 50.6 Å². The average Bonchev–Trinajstić information content (AvgIpc) is 2.89. The Morgan fingerprint density at radius 2 is 2.35 bits per heavy atom. The standard InChI is InChI=1S/C16H22FNO2/c1-2-3-8-14(12-6-4-7-13(17)11-12)18-10-5-9-15(18)16(19)20/h4,6-7,11,14-15H,2-3,5,8-10H2,1H3,(H,19,20). The molecule has 0 radical (unpaired) electrons. The minimum Gasteiger partial charge on any atom is -0.480 e. The average molecular weight is 279 g/mol. The largest absolute Gasteiger partial charge is 0.480 e. The molecule has 1 heterocycles. The third-order valence-electron chi connectivity index (χ3n) is 4.04. The number of halogens is 1. The van der Waals surface area contributed by atoms with E-state index < -0.39 is 12.0 Å². The highest BCUT2D eigenvalue weighted by molar-refractivity contribution is 5.73. The Bertz CT molecular complexity index is 464. The number of carboxylic acids is 1. The van der Waals surface area contributed by atoms with Crippen LogP contribution in [0, 0.1) is 5.82 Å². The van der Waals surface area contributed by atoms with Crippen molar-refractivity contribution in [2.45, 2.75) is 51.1 Å². The van der Waals surface area contributed by atoms with Crippen molar-refractivity contribution in [3.8, 4) is 0 Å². The molecule has 2 unspecified atom stereocenters. The highest BCUT2D eigenvalue weighted by Crippen LogP contribution is 2.33. The van der Waals surface area contributed by atoms with Crippen molar-refractivity contribution in [3.63, 3.8) is 0 Å². The van der Waals surface area contributed by atoms with Crippen LogP contribution in [0.4, 0.5) is 4.39 Å². The summed E-state index contributed by atoms with van der Waals surface area (Å²) in [6, 6.07) is 6.15. The maximum atomic E-state index is 13.5. The number of unbranched alkanes of at least 4 members (excludes halogenated alkanes) is 1. The Labute approximate surface area is 119 Å². The SMILES string of the molecule is CCCCC(c1cccc(F)c1)N1CCCC1C(=O)O. The van der Waals surface area contributed by atoms with Crippen molar-refractivity contribution in [1.29, 1.82) is 0 Å². The van der Waals surface area contributed by atoms with Gasteiger partial charge >= 0.3 is 5.97 Å². The van der Waals surface area contributed by atoms with E-state index in [1.165, 1.54) is 12.1 Å². The van der Waals surface area contributed by atoms with Gasteiger partial charge in [-0.3, -0.25) is 9.69 Å². The van der Waals surface area contributed by atoms with Gasteiger partial charge in [0.25, 0.3) is 0 Å². The molecule has 1 aliphatic rings. The van der Waals surface area contributed by atoms with E-state index in [-0.39, 0.29) is 11.9 Å². The normalized spacial score (nSPS) is 21.0. The molecule has 1 N–H and O–H groups in total. The van der Waals surface area contributed by atoms with Gasteiger partial charge in [-0.15, -0.1) is 0 Å². The zero-order chi connectivity index (χ0) is 14.5. The lowest BCUT2D eigenvalue weighted by Gasteiger charge is -2.31. The fourth-order valence-corrected chi connectivity index (χ4v) is 3.06. The van der Waals surface area contributed by atoms with E-state index in [0.29, 0.717) is 6.42 Å². The fraction of sp³-hybridized carbons (Fsp3) is 0.562. The quantitative estimate of drug-likeness (QED) is 0.865. The van der Waals surface area contributed by atoms with E-state index in [1.54, 1.807) is 6.07 Å². The molecule has 1 aromatic carbocycles. The molecule has 1 aliphatic heterocycles. The van der Waals surface area contributed by atoms with Crippen LogP contribution in [-0.2, 0) is 4.79 Å². The van der Waals surface area contributed by atoms with Crippen LogP contribution in [0.2, 0.25) is 0 Å². The molecule has 1 aromatic rings. The predicted molar refractivity (Wildman–Crippen MR) is 76.0 cm³/mol. The van der Waals surface area contributed by atoms with Crippen molar-refractivity contribution in [2.24, 2.45) is 0 Å². The van der Waals surface area contributed by atoms with E-state index in [4.69, 9.17) is 0 Å². The number of nitrogens with zero attached hydrogens (tertiary/aromatic N) is 1. The van der Waals surface area contributed by atoms with Gasteiger partial charge in [-0.2, -0.15) is 0 Å². The van der Waals surface area contributed by atoms with Crippen molar-refractivity contribution in [2.75, 3.05) is 6.54 Å². The second kappa shape index (κ2) is 6.84. The number of rotatable bonds is 6. The van der Waals surface area contributed by atoms with Gasteiger partial charge in [0, 0.05) is 6.04 Å². The molecule has 4 heteroatoms. The number of likely N-dealkylation sites (tertiary alicyclic amines) is 1. The minimum atomic E-state index is -0.764. The summed E-state index contributed by atoms with van der Waals surface area (Å²) in [6.07, 6.45) is 4.54. The van der Waals surface area contributed by atoms with Crippen LogP contribution in [0.3, 0.4) is 0 Å². The Kier molecular flexibility index (Phi) is 5.12. The summed E-state index contributed by atoms with van der Waals surface area (Å²) in [6.45, 7) is 2.89. The van der Waals surface area contributed by atoms with Gasteiger partial charge in [-0.05, 0) is 43.5 Å². The summed E-state index contributed by atoms with van der Waals surface area (Å²) in [7, 11) is 0. The van der Waals surface area contributed by atoms with E-state index in [1.807, 2.05) is 11.0 Å². The van der Waals surface area contributed by atoms with Gasteiger partial charge in [0.1, 0.15) is 11.9 Å². The van der Waals surface area contributed by atoms with Gasteiger partial charge < -0.3 is 5.11 Å². The smallest absolute Gasteiger partial charge is 0.320 e. The number of hydrogen-bond donors (Lipinski definition) is 1. The number of carboxylic acid groups (broad SMARTS) is 1. The Morgan fingerprint density at radius 1 is 1.55 bits per heavy atom. The molecule has 1 fully saturated rings. The lowest BCUT2D eigenvalue weighted by molar-refractivity contribution is -0.143. The Hall–Kier alpha value is -1.42. The Balaban J connectivity index is 2.25. The van der Waals surface area contributed by atoms with Gasteiger partial charge in [0.2, 0.25) is 0 Å². The zero-order valence-corrected chi connectivity index (χ0v) is 11.9. The highest BCUT2D eigenvalue weighted by Gasteiger charge is 2.35. The molecule has 2 atom stereocenters. The molecule has 0 bridgehead atoms. The lowest BCUT2D eigenvalue weighted by atomic mass is 9.98. The van der Waals surface area contributed by atoms with Crippen LogP contribution >= 0.6 is 0 Å². The second-order valence-corrected chi connectivity index (χ2v) is 5.45. The number of aliphatic carboxylic acids is 1. The first-order chi connectivity index (χ1) is 9.63.